The second-order valence-electron chi connectivity index (χ2n) is 4.09. The number of benzene rings is 1. The Hall–Kier alpha value is -1.75. The third kappa shape index (κ3) is 2.41. The smallest absolute Gasteiger partial charge is 0.143 e. The predicted octanol–water partition coefficient (Wildman–Crippen LogP) is 2.72. The van der Waals surface area contributed by atoms with Gasteiger partial charge in [0.2, 0.25) is 0 Å². The van der Waals surface area contributed by atoms with Crippen molar-refractivity contribution in [1.82, 2.24) is 9.78 Å². The lowest BCUT2D eigenvalue weighted by atomic mass is 10.2. The van der Waals surface area contributed by atoms with Crippen molar-refractivity contribution in [3.8, 4) is 0 Å². The molecular weight excluding hydrogens is 255 g/mol. The van der Waals surface area contributed by atoms with Crippen LogP contribution >= 0.6 is 11.6 Å². The molecule has 0 atom stereocenters. The summed E-state index contributed by atoms with van der Waals surface area (Å²) < 4.78 is 14.9. The van der Waals surface area contributed by atoms with Crippen molar-refractivity contribution in [2.45, 2.75) is 13.5 Å². The van der Waals surface area contributed by atoms with Gasteiger partial charge in [-0.2, -0.15) is 5.10 Å². The number of nitrogens with one attached hydrogen (secondary N) is 1. The summed E-state index contributed by atoms with van der Waals surface area (Å²) in [5, 5.41) is 7.31. The number of aryl methyl sites for hydroxylation is 1. The average Bonchev–Trinajstić information content (AvgIpc) is 2.63. The van der Waals surface area contributed by atoms with Crippen LogP contribution in [-0.2, 0) is 13.6 Å². The van der Waals surface area contributed by atoms with Crippen LogP contribution in [0.1, 0.15) is 11.3 Å². The number of anilines is 2. The molecular formula is C12H14ClFN4. The maximum atomic E-state index is 13.1. The minimum Gasteiger partial charge on any atom is -0.397 e. The highest BCUT2D eigenvalue weighted by Gasteiger charge is 2.08. The van der Waals surface area contributed by atoms with Gasteiger partial charge >= 0.3 is 0 Å². The van der Waals surface area contributed by atoms with E-state index in [9.17, 15) is 4.39 Å². The van der Waals surface area contributed by atoms with Crippen molar-refractivity contribution in [3.63, 3.8) is 0 Å². The molecule has 0 aliphatic carbocycles. The molecule has 3 N–H and O–H groups in total. The van der Waals surface area contributed by atoms with Gasteiger partial charge in [-0.15, -0.1) is 0 Å². The van der Waals surface area contributed by atoms with E-state index in [4.69, 9.17) is 17.3 Å². The summed E-state index contributed by atoms with van der Waals surface area (Å²) in [7, 11) is 1.88. The Morgan fingerprint density at radius 2 is 2.22 bits per heavy atom. The van der Waals surface area contributed by atoms with Gasteiger partial charge in [0.15, 0.2) is 0 Å². The molecule has 0 saturated heterocycles. The van der Waals surface area contributed by atoms with Crippen LogP contribution in [0.25, 0.3) is 0 Å². The predicted molar refractivity (Wildman–Crippen MR) is 71.1 cm³/mol. The Balaban J connectivity index is 2.16. The molecule has 6 heteroatoms. The van der Waals surface area contributed by atoms with Gasteiger partial charge < -0.3 is 11.1 Å². The van der Waals surface area contributed by atoms with Gasteiger partial charge in [0.25, 0.3) is 0 Å². The maximum absolute atomic E-state index is 13.1. The van der Waals surface area contributed by atoms with Crippen LogP contribution in [0.5, 0.6) is 0 Å². The summed E-state index contributed by atoms with van der Waals surface area (Å²) >= 11 is 5.72. The quantitative estimate of drug-likeness (QED) is 0.842. The average molecular weight is 269 g/mol. The first-order valence-corrected chi connectivity index (χ1v) is 5.82. The molecule has 0 aliphatic heterocycles. The van der Waals surface area contributed by atoms with Gasteiger partial charge in [-0.25, -0.2) is 4.39 Å². The fourth-order valence-electron chi connectivity index (χ4n) is 1.62. The molecule has 18 heavy (non-hydrogen) atoms. The molecule has 0 radical (unpaired) electrons. The summed E-state index contributed by atoms with van der Waals surface area (Å²) in [5.74, 6) is -0.516. The van der Waals surface area contributed by atoms with Crippen LogP contribution < -0.4 is 11.1 Å². The molecule has 1 aromatic heterocycles. The van der Waals surface area contributed by atoms with Crippen LogP contribution in [0.2, 0.25) is 5.02 Å². The molecule has 0 spiro atoms. The summed E-state index contributed by atoms with van der Waals surface area (Å²) in [6.07, 6.45) is 1.78. The highest BCUT2D eigenvalue weighted by atomic mass is 35.5. The van der Waals surface area contributed by atoms with Crippen molar-refractivity contribution in [3.05, 3.63) is 40.4 Å². The lowest BCUT2D eigenvalue weighted by Gasteiger charge is -2.10. The van der Waals surface area contributed by atoms with E-state index in [0.29, 0.717) is 17.9 Å². The Kier molecular flexibility index (Phi) is 3.43. The number of nitrogens with two attached hydrogens (primary N) is 1. The van der Waals surface area contributed by atoms with E-state index in [1.807, 2.05) is 14.0 Å². The lowest BCUT2D eigenvalue weighted by Crippen LogP contribution is -2.04. The fourth-order valence-corrected chi connectivity index (χ4v) is 1.79. The molecule has 2 rings (SSSR count). The Morgan fingerprint density at radius 3 is 2.83 bits per heavy atom. The summed E-state index contributed by atoms with van der Waals surface area (Å²) in [5.41, 5.74) is 8.78. The lowest BCUT2D eigenvalue weighted by molar-refractivity contribution is 0.629. The molecule has 0 aliphatic rings. The van der Waals surface area contributed by atoms with E-state index in [2.05, 4.69) is 10.4 Å². The molecule has 0 fully saturated rings. The minimum atomic E-state index is -0.516. The van der Waals surface area contributed by atoms with Gasteiger partial charge in [0, 0.05) is 30.9 Å². The molecule has 96 valence electrons. The number of nitrogens with zero attached hydrogens (tertiary/aromatic N) is 2. The molecule has 0 unspecified atom stereocenters. The van der Waals surface area contributed by atoms with Crippen LogP contribution in [0.3, 0.4) is 0 Å². The van der Waals surface area contributed by atoms with Crippen molar-refractivity contribution in [1.29, 1.82) is 0 Å². The molecule has 1 heterocycles. The Labute approximate surface area is 110 Å². The number of aromatic nitrogens is 2. The summed E-state index contributed by atoms with van der Waals surface area (Å²) in [6.45, 7) is 2.54. The first kappa shape index (κ1) is 12.7. The zero-order valence-electron chi connectivity index (χ0n) is 10.2. The number of nitrogen functional groups attached to an aromatic ring is 1. The second kappa shape index (κ2) is 4.86. The van der Waals surface area contributed by atoms with Crippen LogP contribution in [0.4, 0.5) is 15.8 Å². The van der Waals surface area contributed by atoms with Gasteiger partial charge in [0.1, 0.15) is 5.82 Å². The highest BCUT2D eigenvalue weighted by Crippen LogP contribution is 2.26. The molecule has 4 nitrogen and oxygen atoms in total. The van der Waals surface area contributed by atoms with Gasteiger partial charge in [-0.3, -0.25) is 4.68 Å². The van der Waals surface area contributed by atoms with Crippen LogP contribution in [0, 0.1) is 12.7 Å². The van der Waals surface area contributed by atoms with E-state index in [-0.39, 0.29) is 5.02 Å². The number of hydrogen-bond donors (Lipinski definition) is 2. The van der Waals surface area contributed by atoms with E-state index in [1.165, 1.54) is 12.1 Å². The largest absolute Gasteiger partial charge is 0.397 e. The van der Waals surface area contributed by atoms with Gasteiger partial charge in [0.05, 0.1) is 22.6 Å². The number of hydrogen-bond acceptors (Lipinski definition) is 3. The monoisotopic (exact) mass is 268 g/mol. The van der Waals surface area contributed by atoms with Crippen LogP contribution in [0.15, 0.2) is 18.3 Å². The third-order valence-electron chi connectivity index (χ3n) is 2.90. The van der Waals surface area contributed by atoms with Crippen molar-refractivity contribution < 1.29 is 4.39 Å². The SMILES string of the molecule is Cc1c(CNc2cc(Cl)c(F)cc2N)cnn1C. The number of halogens is 2. The Morgan fingerprint density at radius 1 is 1.50 bits per heavy atom. The minimum absolute atomic E-state index is 0.0506. The highest BCUT2D eigenvalue weighted by molar-refractivity contribution is 6.31. The number of rotatable bonds is 3. The first-order valence-electron chi connectivity index (χ1n) is 5.45. The van der Waals surface area contributed by atoms with Crippen molar-refractivity contribution in [2.75, 3.05) is 11.1 Å². The molecule has 0 bridgehead atoms. The molecule has 0 amide bonds. The van der Waals surface area contributed by atoms with E-state index in [1.54, 1.807) is 10.9 Å². The van der Waals surface area contributed by atoms with E-state index in [0.717, 1.165) is 11.3 Å². The molecule has 2 aromatic rings. The van der Waals surface area contributed by atoms with Crippen LogP contribution in [-0.4, -0.2) is 9.78 Å². The zero-order valence-corrected chi connectivity index (χ0v) is 10.9. The van der Waals surface area contributed by atoms with Gasteiger partial charge in [-0.05, 0) is 13.0 Å². The standard InChI is InChI=1S/C12H14ClFN4/c1-7-8(6-17-18(7)2)5-16-12-3-9(13)10(14)4-11(12)15/h3-4,6,16H,5,15H2,1-2H3. The third-order valence-corrected chi connectivity index (χ3v) is 3.19. The maximum Gasteiger partial charge on any atom is 0.143 e. The van der Waals surface area contributed by atoms with Crippen molar-refractivity contribution in [2.24, 2.45) is 7.05 Å². The first-order chi connectivity index (χ1) is 8.49. The zero-order chi connectivity index (χ0) is 13.3. The topological polar surface area (TPSA) is 55.9 Å². The van der Waals surface area contributed by atoms with E-state index >= 15 is 0 Å². The molecule has 0 saturated carbocycles. The normalized spacial score (nSPS) is 10.7. The van der Waals surface area contributed by atoms with Crippen molar-refractivity contribution >= 4 is 23.0 Å². The van der Waals surface area contributed by atoms with Gasteiger partial charge in [-0.1, -0.05) is 11.6 Å². The molecule has 1 aromatic carbocycles. The van der Waals surface area contributed by atoms with E-state index < -0.39 is 5.82 Å². The second-order valence-corrected chi connectivity index (χ2v) is 4.49. The summed E-state index contributed by atoms with van der Waals surface area (Å²) in [6, 6.07) is 2.69. The Bertz CT molecular complexity index is 580. The fraction of sp³-hybridized carbons (Fsp3) is 0.250. The summed E-state index contributed by atoms with van der Waals surface area (Å²) in [4.78, 5) is 0.